The van der Waals surface area contributed by atoms with E-state index in [0.717, 1.165) is 4.68 Å². The number of rotatable bonds is 3. The lowest BCUT2D eigenvalue weighted by Gasteiger charge is -2.17. The van der Waals surface area contributed by atoms with E-state index in [1.807, 2.05) is 0 Å². The van der Waals surface area contributed by atoms with Crippen LogP contribution in [0.4, 0.5) is 23.9 Å². The van der Waals surface area contributed by atoms with Crippen LogP contribution in [0.25, 0.3) is 0 Å². The standard InChI is InChI=1S/C12H10F3N5O5S/c1-19-10(16-17-18-19)20(11(22)23)9(21)7-4-3-6(12(13,14)15)5-8(7)26(2,24)25/h3-5H,1-2H3,(H,22,23). The van der Waals surface area contributed by atoms with Gasteiger partial charge in [-0.3, -0.25) is 4.79 Å². The quantitative estimate of drug-likeness (QED) is 0.814. The van der Waals surface area contributed by atoms with E-state index in [-0.39, 0.29) is 11.0 Å². The topological polar surface area (TPSA) is 135 Å². The van der Waals surface area contributed by atoms with E-state index in [9.17, 15) is 36.3 Å². The summed E-state index contributed by atoms with van der Waals surface area (Å²) in [7, 11) is -3.09. The molecule has 0 spiro atoms. The van der Waals surface area contributed by atoms with E-state index >= 15 is 0 Å². The Kier molecular flexibility index (Phi) is 4.72. The number of halogens is 3. The van der Waals surface area contributed by atoms with Gasteiger partial charge in [-0.25, -0.2) is 17.9 Å². The van der Waals surface area contributed by atoms with Crippen molar-refractivity contribution in [1.82, 2.24) is 20.2 Å². The number of imide groups is 1. The third kappa shape index (κ3) is 3.63. The fraction of sp³-hybridized carbons (Fsp3) is 0.250. The van der Waals surface area contributed by atoms with Gasteiger partial charge in [-0.05, 0) is 28.6 Å². The molecule has 0 saturated heterocycles. The molecule has 2 amide bonds. The molecule has 0 fully saturated rings. The van der Waals surface area contributed by atoms with Crippen LogP contribution in [0.2, 0.25) is 0 Å². The van der Waals surface area contributed by atoms with E-state index in [4.69, 9.17) is 0 Å². The van der Waals surface area contributed by atoms with Gasteiger partial charge in [0.2, 0.25) is 0 Å². The minimum atomic E-state index is -4.86. The summed E-state index contributed by atoms with van der Waals surface area (Å²) in [6, 6.07) is 1.32. The first-order chi connectivity index (χ1) is 11.8. The molecule has 14 heteroatoms. The molecule has 2 aromatic rings. The Balaban J connectivity index is 2.68. The van der Waals surface area contributed by atoms with E-state index in [2.05, 4.69) is 15.5 Å². The predicted octanol–water partition coefficient (Wildman–Crippen LogP) is 0.957. The van der Waals surface area contributed by atoms with Gasteiger partial charge >= 0.3 is 12.3 Å². The third-order valence-corrected chi connectivity index (χ3v) is 4.27. The molecule has 0 saturated carbocycles. The summed E-state index contributed by atoms with van der Waals surface area (Å²) in [5, 5.41) is 19.1. The minimum Gasteiger partial charge on any atom is -0.464 e. The number of nitrogens with zero attached hydrogens (tertiary/aromatic N) is 5. The van der Waals surface area contributed by atoms with Crippen LogP contribution in [0, 0.1) is 0 Å². The molecule has 0 radical (unpaired) electrons. The van der Waals surface area contributed by atoms with E-state index in [0.29, 0.717) is 18.4 Å². The molecule has 0 aliphatic carbocycles. The van der Waals surface area contributed by atoms with Crippen molar-refractivity contribution in [2.24, 2.45) is 7.05 Å². The van der Waals surface area contributed by atoms with Gasteiger partial charge < -0.3 is 5.11 Å². The lowest BCUT2D eigenvalue weighted by atomic mass is 10.1. The molecule has 0 aliphatic heterocycles. The maximum Gasteiger partial charge on any atom is 0.421 e. The Morgan fingerprint density at radius 2 is 1.88 bits per heavy atom. The second-order valence-electron chi connectivity index (χ2n) is 5.01. The molecule has 0 unspecified atom stereocenters. The summed E-state index contributed by atoms with van der Waals surface area (Å²) < 4.78 is 63.0. The van der Waals surface area contributed by atoms with Crippen LogP contribution in [0.5, 0.6) is 0 Å². The molecule has 140 valence electrons. The average molecular weight is 393 g/mol. The zero-order valence-corrected chi connectivity index (χ0v) is 13.9. The number of amides is 2. The lowest BCUT2D eigenvalue weighted by Crippen LogP contribution is -2.38. The fourth-order valence-electron chi connectivity index (χ4n) is 1.98. The largest absolute Gasteiger partial charge is 0.464 e. The zero-order valence-electron chi connectivity index (χ0n) is 13.1. The predicted molar refractivity (Wildman–Crippen MR) is 78.2 cm³/mol. The van der Waals surface area contributed by atoms with Gasteiger partial charge in [0.1, 0.15) is 0 Å². The van der Waals surface area contributed by atoms with Crippen molar-refractivity contribution >= 4 is 27.8 Å². The molecule has 2 rings (SSSR count). The fourth-order valence-corrected chi connectivity index (χ4v) is 2.88. The van der Waals surface area contributed by atoms with E-state index < -0.39 is 50.0 Å². The third-order valence-electron chi connectivity index (χ3n) is 3.13. The number of carbonyl (C=O) groups excluding carboxylic acids is 1. The number of benzene rings is 1. The lowest BCUT2D eigenvalue weighted by molar-refractivity contribution is -0.137. The van der Waals surface area contributed by atoms with Crippen LogP contribution >= 0.6 is 0 Å². The van der Waals surface area contributed by atoms with Crippen LogP contribution in [-0.4, -0.2) is 52.0 Å². The second kappa shape index (κ2) is 6.36. The van der Waals surface area contributed by atoms with Crippen molar-refractivity contribution in [3.05, 3.63) is 29.3 Å². The van der Waals surface area contributed by atoms with Gasteiger partial charge in [0.15, 0.2) is 9.84 Å². The van der Waals surface area contributed by atoms with Crippen molar-refractivity contribution < 1.29 is 36.3 Å². The Morgan fingerprint density at radius 1 is 1.27 bits per heavy atom. The molecule has 0 aliphatic rings. The smallest absolute Gasteiger partial charge is 0.421 e. The maximum atomic E-state index is 12.8. The summed E-state index contributed by atoms with van der Waals surface area (Å²) in [6.45, 7) is 0. The molecule has 26 heavy (non-hydrogen) atoms. The number of tetrazole rings is 1. The van der Waals surface area contributed by atoms with E-state index in [1.165, 1.54) is 7.05 Å². The Labute approximate surface area is 143 Å². The molecule has 10 nitrogen and oxygen atoms in total. The monoisotopic (exact) mass is 393 g/mol. The molecular weight excluding hydrogens is 383 g/mol. The Morgan fingerprint density at radius 3 is 2.31 bits per heavy atom. The summed E-state index contributed by atoms with van der Waals surface area (Å²) in [4.78, 5) is 23.0. The van der Waals surface area contributed by atoms with Crippen molar-refractivity contribution in [2.45, 2.75) is 11.1 Å². The van der Waals surface area contributed by atoms with Crippen LogP contribution in [0.3, 0.4) is 0 Å². The zero-order chi connectivity index (χ0) is 19.9. The molecule has 0 atom stereocenters. The van der Waals surface area contributed by atoms with Gasteiger partial charge in [0.05, 0.1) is 16.0 Å². The summed E-state index contributed by atoms with van der Waals surface area (Å²) >= 11 is 0. The SMILES string of the molecule is Cn1nnnc1N(C(=O)O)C(=O)c1ccc(C(F)(F)F)cc1S(C)(=O)=O. The molecule has 1 aromatic carbocycles. The first-order valence-corrected chi connectivity index (χ1v) is 8.44. The number of hydrogen-bond acceptors (Lipinski definition) is 7. The highest BCUT2D eigenvalue weighted by atomic mass is 32.2. The number of anilines is 1. The Bertz CT molecular complexity index is 985. The van der Waals surface area contributed by atoms with Crippen molar-refractivity contribution in [2.75, 3.05) is 11.2 Å². The summed E-state index contributed by atoms with van der Waals surface area (Å²) in [5.41, 5.74) is -2.08. The highest BCUT2D eigenvalue weighted by Crippen LogP contribution is 2.32. The summed E-state index contributed by atoms with van der Waals surface area (Å²) in [6.07, 6.45) is -6.12. The van der Waals surface area contributed by atoms with Gasteiger partial charge in [-0.15, -0.1) is 0 Å². The second-order valence-corrected chi connectivity index (χ2v) is 6.99. The molecule has 1 heterocycles. The normalized spacial score (nSPS) is 12.0. The minimum absolute atomic E-state index is 0.0251. The van der Waals surface area contributed by atoms with Crippen LogP contribution in [0.1, 0.15) is 15.9 Å². The number of sulfone groups is 1. The van der Waals surface area contributed by atoms with Crippen LogP contribution in [0.15, 0.2) is 23.1 Å². The molecule has 1 aromatic heterocycles. The van der Waals surface area contributed by atoms with Crippen molar-refractivity contribution in [3.8, 4) is 0 Å². The van der Waals surface area contributed by atoms with Gasteiger partial charge in [0, 0.05) is 13.3 Å². The first kappa shape index (κ1) is 19.3. The molecule has 0 bridgehead atoms. The number of carbonyl (C=O) groups is 2. The first-order valence-electron chi connectivity index (χ1n) is 6.55. The Hall–Kier alpha value is -3.03. The van der Waals surface area contributed by atoms with Crippen LogP contribution in [-0.2, 0) is 23.1 Å². The maximum absolute atomic E-state index is 12.8. The highest BCUT2D eigenvalue weighted by Gasteiger charge is 2.36. The van der Waals surface area contributed by atoms with Gasteiger partial charge in [-0.1, -0.05) is 5.10 Å². The number of alkyl halides is 3. The number of aryl methyl sites for hydroxylation is 1. The van der Waals surface area contributed by atoms with Crippen molar-refractivity contribution in [1.29, 1.82) is 0 Å². The number of carboxylic acid groups (broad SMARTS) is 1. The molecular formula is C12H10F3N5O5S. The van der Waals surface area contributed by atoms with Gasteiger partial charge in [0.25, 0.3) is 11.9 Å². The number of aromatic nitrogens is 4. The average Bonchev–Trinajstić information content (AvgIpc) is 2.90. The number of hydrogen-bond donors (Lipinski definition) is 1. The van der Waals surface area contributed by atoms with E-state index in [1.54, 1.807) is 0 Å². The van der Waals surface area contributed by atoms with Gasteiger partial charge in [-0.2, -0.15) is 18.1 Å². The van der Waals surface area contributed by atoms with Crippen LogP contribution < -0.4 is 4.90 Å². The summed E-state index contributed by atoms with van der Waals surface area (Å²) in [5.74, 6) is -1.99. The molecule has 1 N–H and O–H groups in total. The van der Waals surface area contributed by atoms with Crippen molar-refractivity contribution in [3.63, 3.8) is 0 Å². The highest BCUT2D eigenvalue weighted by molar-refractivity contribution is 7.90.